The van der Waals surface area contributed by atoms with Gasteiger partial charge in [-0.1, -0.05) is 17.7 Å². The molecule has 0 amide bonds. The van der Waals surface area contributed by atoms with Gasteiger partial charge in [-0.25, -0.2) is 0 Å². The summed E-state index contributed by atoms with van der Waals surface area (Å²) in [7, 11) is 0. The van der Waals surface area contributed by atoms with Gasteiger partial charge >= 0.3 is 0 Å². The molecule has 0 aliphatic carbocycles. The summed E-state index contributed by atoms with van der Waals surface area (Å²) < 4.78 is 10.5. The third kappa shape index (κ3) is 2.18. The van der Waals surface area contributed by atoms with Crippen molar-refractivity contribution >= 4 is 17.3 Å². The fourth-order valence-electron chi connectivity index (χ4n) is 1.22. The molecule has 1 aliphatic heterocycles. The summed E-state index contributed by atoms with van der Waals surface area (Å²) in [6.07, 6.45) is 0.227. The predicted molar refractivity (Wildman–Crippen MR) is 55.3 cm³/mol. The van der Waals surface area contributed by atoms with Crippen molar-refractivity contribution in [2.24, 2.45) is 0 Å². The van der Waals surface area contributed by atoms with E-state index in [1.165, 1.54) is 0 Å². The van der Waals surface area contributed by atoms with Crippen LogP contribution in [-0.2, 0) is 16.1 Å². The summed E-state index contributed by atoms with van der Waals surface area (Å²) in [4.78, 5) is 0. The standard InChI is InChI=1S/C10H12ClNO2/c11-8-2-1-7(10(12)3-8)4-14-9-5-13-6-9/h1-3,9H,4-6,12H2. The Morgan fingerprint density at radius 3 is 2.86 bits per heavy atom. The van der Waals surface area contributed by atoms with Gasteiger partial charge in [-0.3, -0.25) is 0 Å². The minimum Gasteiger partial charge on any atom is -0.398 e. The van der Waals surface area contributed by atoms with Crippen LogP contribution in [0.2, 0.25) is 5.02 Å². The zero-order valence-corrected chi connectivity index (χ0v) is 8.46. The molecule has 1 fully saturated rings. The first kappa shape index (κ1) is 9.77. The van der Waals surface area contributed by atoms with Crippen LogP contribution in [0.1, 0.15) is 5.56 Å². The molecule has 76 valence electrons. The molecule has 1 heterocycles. The van der Waals surface area contributed by atoms with E-state index in [4.69, 9.17) is 26.8 Å². The summed E-state index contributed by atoms with van der Waals surface area (Å²) in [5.41, 5.74) is 7.42. The lowest BCUT2D eigenvalue weighted by molar-refractivity contribution is -0.135. The molecule has 0 saturated carbocycles. The highest BCUT2D eigenvalue weighted by atomic mass is 35.5. The van der Waals surface area contributed by atoms with Gasteiger partial charge in [-0.15, -0.1) is 0 Å². The van der Waals surface area contributed by atoms with Crippen LogP contribution >= 0.6 is 11.6 Å². The number of benzene rings is 1. The maximum Gasteiger partial charge on any atom is 0.105 e. The molecule has 1 aliphatic rings. The van der Waals surface area contributed by atoms with E-state index >= 15 is 0 Å². The molecule has 1 saturated heterocycles. The van der Waals surface area contributed by atoms with Crippen LogP contribution < -0.4 is 5.73 Å². The fraction of sp³-hybridized carbons (Fsp3) is 0.400. The molecular weight excluding hydrogens is 202 g/mol. The highest BCUT2D eigenvalue weighted by molar-refractivity contribution is 6.30. The average molecular weight is 214 g/mol. The molecule has 1 aromatic rings. The van der Waals surface area contributed by atoms with Crippen LogP contribution in [0.15, 0.2) is 18.2 Å². The Kier molecular flexibility index (Phi) is 2.91. The van der Waals surface area contributed by atoms with E-state index in [1.54, 1.807) is 6.07 Å². The number of nitrogen functional groups attached to an aromatic ring is 1. The van der Waals surface area contributed by atoms with E-state index in [9.17, 15) is 0 Å². The smallest absolute Gasteiger partial charge is 0.105 e. The van der Waals surface area contributed by atoms with Crippen molar-refractivity contribution in [1.82, 2.24) is 0 Å². The largest absolute Gasteiger partial charge is 0.398 e. The van der Waals surface area contributed by atoms with Gasteiger partial charge in [0.2, 0.25) is 0 Å². The lowest BCUT2D eigenvalue weighted by atomic mass is 10.2. The quantitative estimate of drug-likeness (QED) is 0.780. The number of halogens is 1. The van der Waals surface area contributed by atoms with Crippen molar-refractivity contribution < 1.29 is 9.47 Å². The van der Waals surface area contributed by atoms with Crippen molar-refractivity contribution in [2.45, 2.75) is 12.7 Å². The summed E-state index contributed by atoms with van der Waals surface area (Å²) >= 11 is 5.78. The first-order valence-electron chi connectivity index (χ1n) is 4.49. The zero-order chi connectivity index (χ0) is 9.97. The number of ether oxygens (including phenoxy) is 2. The molecule has 0 unspecified atom stereocenters. The van der Waals surface area contributed by atoms with Gasteiger partial charge in [0.25, 0.3) is 0 Å². The fourth-order valence-corrected chi connectivity index (χ4v) is 1.40. The van der Waals surface area contributed by atoms with Crippen LogP contribution in [0, 0.1) is 0 Å². The van der Waals surface area contributed by atoms with E-state index in [1.807, 2.05) is 12.1 Å². The Labute approximate surface area is 87.8 Å². The maximum atomic E-state index is 5.78. The molecule has 1 aromatic carbocycles. The van der Waals surface area contributed by atoms with E-state index < -0.39 is 0 Å². The average Bonchev–Trinajstić information content (AvgIpc) is 2.05. The van der Waals surface area contributed by atoms with E-state index in [-0.39, 0.29) is 6.10 Å². The third-order valence-electron chi connectivity index (χ3n) is 2.19. The first-order chi connectivity index (χ1) is 6.75. The van der Waals surface area contributed by atoms with E-state index in [2.05, 4.69) is 0 Å². The molecular formula is C10H12ClNO2. The van der Waals surface area contributed by atoms with Gasteiger partial charge in [0, 0.05) is 16.3 Å². The van der Waals surface area contributed by atoms with Crippen LogP contribution in [0.3, 0.4) is 0 Å². The third-order valence-corrected chi connectivity index (χ3v) is 2.43. The van der Waals surface area contributed by atoms with Gasteiger partial charge < -0.3 is 15.2 Å². The minimum atomic E-state index is 0.227. The maximum absolute atomic E-state index is 5.78. The van der Waals surface area contributed by atoms with Gasteiger partial charge in [0.1, 0.15) is 6.10 Å². The van der Waals surface area contributed by atoms with Crippen molar-refractivity contribution in [3.8, 4) is 0 Å². The molecule has 0 atom stereocenters. The van der Waals surface area contributed by atoms with Crippen molar-refractivity contribution in [1.29, 1.82) is 0 Å². The van der Waals surface area contributed by atoms with Crippen LogP contribution in [0.4, 0.5) is 5.69 Å². The lowest BCUT2D eigenvalue weighted by Crippen LogP contribution is -2.35. The normalized spacial score (nSPS) is 16.6. The summed E-state index contributed by atoms with van der Waals surface area (Å²) in [5.74, 6) is 0. The zero-order valence-electron chi connectivity index (χ0n) is 7.70. The number of hydrogen-bond acceptors (Lipinski definition) is 3. The minimum absolute atomic E-state index is 0.227. The molecule has 0 aromatic heterocycles. The Hall–Kier alpha value is -0.770. The Morgan fingerprint density at radius 1 is 1.50 bits per heavy atom. The highest BCUT2D eigenvalue weighted by Crippen LogP contribution is 2.19. The first-order valence-corrected chi connectivity index (χ1v) is 4.87. The molecule has 0 radical (unpaired) electrons. The van der Waals surface area contributed by atoms with Gasteiger partial charge in [0.15, 0.2) is 0 Å². The molecule has 0 bridgehead atoms. The topological polar surface area (TPSA) is 44.5 Å². The number of nitrogens with two attached hydrogens (primary N) is 1. The van der Waals surface area contributed by atoms with Crippen LogP contribution in [0.5, 0.6) is 0 Å². The number of rotatable bonds is 3. The van der Waals surface area contributed by atoms with Gasteiger partial charge in [-0.2, -0.15) is 0 Å². The van der Waals surface area contributed by atoms with Crippen LogP contribution in [0.25, 0.3) is 0 Å². The number of hydrogen-bond donors (Lipinski definition) is 1. The number of anilines is 1. The van der Waals surface area contributed by atoms with Crippen molar-refractivity contribution in [3.63, 3.8) is 0 Å². The van der Waals surface area contributed by atoms with E-state index in [0.717, 1.165) is 5.56 Å². The van der Waals surface area contributed by atoms with E-state index in [0.29, 0.717) is 30.5 Å². The Balaban J connectivity index is 1.94. The van der Waals surface area contributed by atoms with Crippen molar-refractivity contribution in [3.05, 3.63) is 28.8 Å². The summed E-state index contributed by atoms with van der Waals surface area (Å²) in [6, 6.07) is 5.43. The molecule has 14 heavy (non-hydrogen) atoms. The molecule has 2 N–H and O–H groups in total. The van der Waals surface area contributed by atoms with Crippen LogP contribution in [-0.4, -0.2) is 19.3 Å². The molecule has 2 rings (SSSR count). The Morgan fingerprint density at radius 2 is 2.29 bits per heavy atom. The molecule has 0 spiro atoms. The summed E-state index contributed by atoms with van der Waals surface area (Å²) in [6.45, 7) is 1.90. The molecule has 3 nitrogen and oxygen atoms in total. The molecule has 4 heteroatoms. The monoisotopic (exact) mass is 213 g/mol. The SMILES string of the molecule is Nc1cc(Cl)ccc1COC1COC1. The van der Waals surface area contributed by atoms with Crippen molar-refractivity contribution in [2.75, 3.05) is 18.9 Å². The van der Waals surface area contributed by atoms with Gasteiger partial charge in [-0.05, 0) is 12.1 Å². The Bertz CT molecular complexity index is 326. The second kappa shape index (κ2) is 4.17. The lowest BCUT2D eigenvalue weighted by Gasteiger charge is -2.26. The van der Waals surface area contributed by atoms with Gasteiger partial charge in [0.05, 0.1) is 19.8 Å². The second-order valence-corrected chi connectivity index (χ2v) is 3.75. The second-order valence-electron chi connectivity index (χ2n) is 3.31. The highest BCUT2D eigenvalue weighted by Gasteiger charge is 2.18. The summed E-state index contributed by atoms with van der Waals surface area (Å²) in [5, 5.41) is 0.651. The predicted octanol–water partition coefficient (Wildman–Crippen LogP) is 1.84.